The van der Waals surface area contributed by atoms with Crippen molar-refractivity contribution in [3.8, 4) is 28.1 Å². The highest BCUT2D eigenvalue weighted by molar-refractivity contribution is 5.78. The summed E-state index contributed by atoms with van der Waals surface area (Å²) < 4.78 is 29.5. The highest BCUT2D eigenvalue weighted by atomic mass is 19.1. The van der Waals surface area contributed by atoms with Crippen LogP contribution >= 0.6 is 0 Å². The Morgan fingerprint density at radius 3 is 2.68 bits per heavy atom. The zero-order valence-electron chi connectivity index (χ0n) is 23.4. The number of aryl methyl sites for hydroxylation is 1. The molecule has 1 fully saturated rings. The van der Waals surface area contributed by atoms with Gasteiger partial charge in [-0.25, -0.2) is 9.37 Å². The molecular formula is C32H33FN4O4. The van der Waals surface area contributed by atoms with E-state index in [0.29, 0.717) is 59.2 Å². The summed E-state index contributed by atoms with van der Waals surface area (Å²) in [6.07, 6.45) is 4.96. The second kappa shape index (κ2) is 10.6. The van der Waals surface area contributed by atoms with Crippen LogP contribution in [-0.4, -0.2) is 57.1 Å². The first-order chi connectivity index (χ1) is 19.7. The number of carbonyl (C=O) groups is 1. The normalized spacial score (nSPS) is 21.6. The van der Waals surface area contributed by atoms with Gasteiger partial charge in [-0.15, -0.1) is 0 Å². The van der Waals surface area contributed by atoms with Crippen LogP contribution < -0.4 is 9.64 Å². The molecule has 41 heavy (non-hydrogen) atoms. The first-order valence-electron chi connectivity index (χ1n) is 13.9. The minimum Gasteiger partial charge on any atom is -0.486 e. The minimum atomic E-state index is -0.921. The second-order valence-corrected chi connectivity index (χ2v) is 11.1. The van der Waals surface area contributed by atoms with E-state index in [1.54, 1.807) is 16.6 Å². The van der Waals surface area contributed by atoms with Crippen molar-refractivity contribution in [2.24, 2.45) is 0 Å². The van der Waals surface area contributed by atoms with Gasteiger partial charge in [0.05, 0.1) is 29.9 Å². The van der Waals surface area contributed by atoms with Crippen LogP contribution in [0.2, 0.25) is 0 Å². The number of aliphatic carboxylic acids is 1. The van der Waals surface area contributed by atoms with Crippen molar-refractivity contribution >= 4 is 17.4 Å². The molecule has 8 nitrogen and oxygen atoms in total. The first kappa shape index (κ1) is 27.0. The Morgan fingerprint density at radius 2 is 1.90 bits per heavy atom. The van der Waals surface area contributed by atoms with Crippen molar-refractivity contribution in [1.29, 1.82) is 0 Å². The number of hydrogen-bond acceptors (Lipinski definition) is 6. The highest BCUT2D eigenvalue weighted by Gasteiger charge is 2.33. The maximum atomic E-state index is 15.3. The Balaban J connectivity index is 1.54. The maximum absolute atomic E-state index is 15.3. The zero-order valence-corrected chi connectivity index (χ0v) is 23.4. The number of fused-ring (bicyclic) bond motifs is 6. The van der Waals surface area contributed by atoms with Crippen LogP contribution in [0.3, 0.4) is 0 Å². The molecule has 3 aliphatic heterocycles. The number of piperidine rings is 1. The minimum absolute atomic E-state index is 0.155. The number of hydrogen-bond donors (Lipinski definition) is 1. The van der Waals surface area contributed by atoms with Crippen molar-refractivity contribution < 1.29 is 23.8 Å². The number of anilines is 1. The molecule has 3 aliphatic rings. The van der Waals surface area contributed by atoms with Crippen LogP contribution in [0.15, 0.2) is 60.7 Å². The summed E-state index contributed by atoms with van der Waals surface area (Å²) in [5.74, 6) is -0.106. The molecule has 6 bridgehead atoms. The van der Waals surface area contributed by atoms with Gasteiger partial charge in [0.2, 0.25) is 0 Å². The molecule has 0 amide bonds. The molecule has 1 unspecified atom stereocenters. The number of benzene rings is 2. The molecule has 212 valence electrons. The molecular weight excluding hydrogens is 523 g/mol. The summed E-state index contributed by atoms with van der Waals surface area (Å²) in [4.78, 5) is 18.8. The van der Waals surface area contributed by atoms with E-state index in [2.05, 4.69) is 11.8 Å². The molecule has 1 N–H and O–H groups in total. The Kier molecular flexibility index (Phi) is 6.99. The molecule has 0 spiro atoms. The van der Waals surface area contributed by atoms with E-state index in [9.17, 15) is 9.90 Å². The summed E-state index contributed by atoms with van der Waals surface area (Å²) in [6.45, 7) is 7.67. The van der Waals surface area contributed by atoms with Crippen molar-refractivity contribution in [2.75, 3.05) is 24.6 Å². The fourth-order valence-corrected chi connectivity index (χ4v) is 5.75. The van der Waals surface area contributed by atoms with Crippen LogP contribution in [0.25, 0.3) is 28.0 Å². The molecule has 5 heterocycles. The van der Waals surface area contributed by atoms with Gasteiger partial charge >= 0.3 is 5.97 Å². The topological polar surface area (TPSA) is 89.2 Å². The zero-order chi connectivity index (χ0) is 28.7. The van der Waals surface area contributed by atoms with Gasteiger partial charge in [-0.2, -0.15) is 9.61 Å². The van der Waals surface area contributed by atoms with E-state index in [4.69, 9.17) is 19.6 Å². The standard InChI is InChI=1S/C32H33FN4O4/c1-20-7-6-16-40-32(3)12-14-36(15-13-32)31-24(18-29(38)39)21(2)34-28-19-26(35-37(28)31)22-8-4-9-23(17-22)30-25(33)10-5-11-27(30)41-20/h4-11,17,19-20H,12-16,18H2,1-3H3,(H,38,39)/b7-6+. The van der Waals surface area contributed by atoms with Crippen LogP contribution in [0.4, 0.5) is 10.2 Å². The third-order valence-corrected chi connectivity index (χ3v) is 8.00. The molecule has 1 atom stereocenters. The predicted octanol–water partition coefficient (Wildman–Crippen LogP) is 5.85. The summed E-state index contributed by atoms with van der Waals surface area (Å²) in [6, 6.07) is 14.3. The molecule has 2 aromatic heterocycles. The lowest BCUT2D eigenvalue weighted by Gasteiger charge is -2.40. The predicted molar refractivity (Wildman–Crippen MR) is 155 cm³/mol. The van der Waals surface area contributed by atoms with Crippen molar-refractivity contribution in [3.05, 3.63) is 77.8 Å². The average Bonchev–Trinajstić information content (AvgIpc) is 3.35. The Hall–Kier alpha value is -4.24. The Bertz CT molecular complexity index is 1660. The summed E-state index contributed by atoms with van der Waals surface area (Å²) in [5.41, 5.74) is 4.09. The fraction of sp³-hybridized carbons (Fsp3) is 0.344. The van der Waals surface area contributed by atoms with Gasteiger partial charge in [-0.05, 0) is 63.5 Å². The monoisotopic (exact) mass is 556 g/mol. The number of halogens is 1. The van der Waals surface area contributed by atoms with Gasteiger partial charge in [0.25, 0.3) is 0 Å². The lowest BCUT2D eigenvalue weighted by Crippen LogP contribution is -2.45. The molecule has 4 aromatic rings. The van der Waals surface area contributed by atoms with Gasteiger partial charge in [-0.3, -0.25) is 4.79 Å². The van der Waals surface area contributed by atoms with Crippen LogP contribution in [0, 0.1) is 12.7 Å². The number of rotatable bonds is 2. The molecule has 7 rings (SSSR count). The van der Waals surface area contributed by atoms with Gasteiger partial charge in [0.15, 0.2) is 5.65 Å². The van der Waals surface area contributed by atoms with Crippen molar-refractivity contribution in [2.45, 2.75) is 51.7 Å². The lowest BCUT2D eigenvalue weighted by molar-refractivity contribution is -0.136. The van der Waals surface area contributed by atoms with Crippen LogP contribution in [0.1, 0.15) is 37.9 Å². The van der Waals surface area contributed by atoms with Gasteiger partial charge in [0.1, 0.15) is 23.5 Å². The van der Waals surface area contributed by atoms with E-state index in [0.717, 1.165) is 24.2 Å². The summed E-state index contributed by atoms with van der Waals surface area (Å²) in [5, 5.41) is 14.7. The van der Waals surface area contributed by atoms with E-state index in [1.807, 2.05) is 56.3 Å². The molecule has 0 aliphatic carbocycles. The van der Waals surface area contributed by atoms with Gasteiger partial charge in [-0.1, -0.05) is 30.3 Å². The molecule has 1 saturated heterocycles. The smallest absolute Gasteiger partial charge is 0.308 e. The number of carboxylic acid groups (broad SMARTS) is 1. The van der Waals surface area contributed by atoms with E-state index < -0.39 is 5.97 Å². The third-order valence-electron chi connectivity index (χ3n) is 8.00. The Morgan fingerprint density at radius 1 is 1.15 bits per heavy atom. The highest BCUT2D eigenvalue weighted by Crippen LogP contribution is 2.37. The first-order valence-corrected chi connectivity index (χ1v) is 13.9. The van der Waals surface area contributed by atoms with Crippen molar-refractivity contribution in [3.63, 3.8) is 0 Å². The van der Waals surface area contributed by atoms with Crippen LogP contribution in [0.5, 0.6) is 5.75 Å². The second-order valence-electron chi connectivity index (χ2n) is 11.1. The van der Waals surface area contributed by atoms with Crippen molar-refractivity contribution in [1.82, 2.24) is 14.6 Å². The van der Waals surface area contributed by atoms with Crippen LogP contribution in [-0.2, 0) is 16.0 Å². The largest absolute Gasteiger partial charge is 0.486 e. The van der Waals surface area contributed by atoms with Gasteiger partial charge in [0, 0.05) is 36.0 Å². The summed E-state index contributed by atoms with van der Waals surface area (Å²) in [7, 11) is 0. The fourth-order valence-electron chi connectivity index (χ4n) is 5.75. The molecule has 0 radical (unpaired) electrons. The Labute approximate surface area is 238 Å². The number of nitrogens with zero attached hydrogens (tertiary/aromatic N) is 4. The third kappa shape index (κ3) is 5.29. The van der Waals surface area contributed by atoms with E-state index in [-0.39, 0.29) is 23.9 Å². The maximum Gasteiger partial charge on any atom is 0.308 e. The van der Waals surface area contributed by atoms with E-state index >= 15 is 4.39 Å². The number of ether oxygens (including phenoxy) is 2. The average molecular weight is 557 g/mol. The molecule has 9 heteroatoms. The SMILES string of the molecule is Cc1nc2cc3nn2c(c1CC(=O)O)N1CCC(C)(CC1)OC/C=C/C(C)Oc1cccc(F)c1-c1cccc-3c1. The molecule has 0 saturated carbocycles. The quantitative estimate of drug-likeness (QED) is 0.310. The summed E-state index contributed by atoms with van der Waals surface area (Å²) >= 11 is 0. The lowest BCUT2D eigenvalue weighted by atomic mass is 9.93. The number of carboxylic acids is 1. The van der Waals surface area contributed by atoms with Gasteiger partial charge < -0.3 is 19.5 Å². The van der Waals surface area contributed by atoms with E-state index in [1.165, 1.54) is 6.07 Å². The molecule has 2 aromatic carbocycles. The number of aromatic nitrogens is 3.